The number of epoxide rings is 2. The molecule has 2 saturated heterocycles. The van der Waals surface area contributed by atoms with E-state index in [9.17, 15) is 0 Å². The Morgan fingerprint density at radius 3 is 1.68 bits per heavy atom. The largest absolute Gasteiger partial charge is 0.491 e. The Morgan fingerprint density at radius 1 is 0.622 bits per heavy atom. The van der Waals surface area contributed by atoms with Gasteiger partial charge in [-0.3, -0.25) is 0 Å². The summed E-state index contributed by atoms with van der Waals surface area (Å²) in [6.07, 6.45) is 1.45. The minimum absolute atomic E-state index is 0.242. The molecule has 0 N–H and O–H groups in total. The summed E-state index contributed by atoms with van der Waals surface area (Å²) in [6.45, 7) is 2.81. The second-order valence-electron chi connectivity index (χ2n) is 10.2. The van der Waals surface area contributed by atoms with Gasteiger partial charge >= 0.3 is 0 Å². The van der Waals surface area contributed by atoms with Gasteiger partial charge in [0.15, 0.2) is 0 Å². The van der Waals surface area contributed by atoms with Gasteiger partial charge in [-0.25, -0.2) is 0 Å². The molecule has 2 heterocycles. The average Bonchev–Trinajstić information content (AvgIpc) is 3.90. The highest BCUT2D eigenvalue weighted by Crippen LogP contribution is 2.56. The molecule has 3 aliphatic rings. The maximum Gasteiger partial charge on any atom is 0.119 e. The van der Waals surface area contributed by atoms with E-state index < -0.39 is 0 Å². The normalized spacial score (nSPS) is 25.4. The van der Waals surface area contributed by atoms with Crippen molar-refractivity contribution in [3.8, 4) is 11.5 Å². The first kappa shape index (κ1) is 22.6. The van der Waals surface area contributed by atoms with Gasteiger partial charge in [0.25, 0.3) is 0 Å². The molecule has 2 aliphatic heterocycles. The molecule has 0 aromatic heterocycles. The van der Waals surface area contributed by atoms with Crippen LogP contribution in [0, 0.1) is 0 Å². The lowest BCUT2D eigenvalue weighted by Gasteiger charge is -2.33. The van der Waals surface area contributed by atoms with Crippen molar-refractivity contribution in [2.45, 2.75) is 30.0 Å². The van der Waals surface area contributed by atoms with Crippen molar-refractivity contribution in [2.75, 3.05) is 26.4 Å². The first-order valence-corrected chi connectivity index (χ1v) is 13.1. The molecule has 7 rings (SSSR count). The summed E-state index contributed by atoms with van der Waals surface area (Å²) < 4.78 is 22.5. The molecule has 186 valence electrons. The second kappa shape index (κ2) is 9.37. The monoisotopic (exact) mass is 490 g/mol. The average molecular weight is 491 g/mol. The van der Waals surface area contributed by atoms with E-state index in [0.29, 0.717) is 19.1 Å². The molecular formula is C33H30O4. The summed E-state index contributed by atoms with van der Waals surface area (Å²) >= 11 is 0. The van der Waals surface area contributed by atoms with Crippen LogP contribution in [0.2, 0.25) is 0 Å². The van der Waals surface area contributed by atoms with Crippen LogP contribution in [-0.2, 0) is 14.9 Å². The Hall–Kier alpha value is -3.60. The van der Waals surface area contributed by atoms with Crippen molar-refractivity contribution >= 4 is 0 Å². The lowest BCUT2D eigenvalue weighted by atomic mass is 9.69. The Balaban J connectivity index is 1.30. The van der Waals surface area contributed by atoms with Crippen LogP contribution in [0.3, 0.4) is 0 Å². The van der Waals surface area contributed by atoms with Crippen LogP contribution in [0.5, 0.6) is 11.5 Å². The fourth-order valence-corrected chi connectivity index (χ4v) is 5.79. The molecule has 37 heavy (non-hydrogen) atoms. The highest BCUT2D eigenvalue weighted by Gasteiger charge is 2.46. The molecule has 3 atom stereocenters. The SMILES string of the molecule is c1ccc(C2CC(c3ccc(OCC4CO4)cc3)(c3ccc(OCC4CO4)cc3)c3ccccc32)cc1. The van der Waals surface area contributed by atoms with E-state index in [1.807, 2.05) is 0 Å². The Morgan fingerprint density at radius 2 is 1.14 bits per heavy atom. The molecule has 1 aliphatic carbocycles. The lowest BCUT2D eigenvalue weighted by Crippen LogP contribution is -2.27. The zero-order valence-corrected chi connectivity index (χ0v) is 20.7. The summed E-state index contributed by atoms with van der Waals surface area (Å²) in [7, 11) is 0. The number of hydrogen-bond acceptors (Lipinski definition) is 4. The molecule has 0 spiro atoms. The number of benzene rings is 4. The van der Waals surface area contributed by atoms with Gasteiger partial charge in [0.2, 0.25) is 0 Å². The highest BCUT2D eigenvalue weighted by atomic mass is 16.6. The number of rotatable bonds is 9. The van der Waals surface area contributed by atoms with Crippen LogP contribution < -0.4 is 9.47 Å². The van der Waals surface area contributed by atoms with Crippen LogP contribution in [0.15, 0.2) is 103 Å². The quantitative estimate of drug-likeness (QED) is 0.266. The topological polar surface area (TPSA) is 43.5 Å². The Bertz CT molecular complexity index is 1300. The summed E-state index contributed by atoms with van der Waals surface area (Å²) in [5.74, 6) is 2.07. The maximum absolute atomic E-state index is 5.96. The van der Waals surface area contributed by atoms with Crippen molar-refractivity contribution in [3.05, 3.63) is 131 Å². The molecule has 2 fully saturated rings. The first-order chi connectivity index (χ1) is 18.3. The van der Waals surface area contributed by atoms with Crippen molar-refractivity contribution in [2.24, 2.45) is 0 Å². The molecule has 0 saturated carbocycles. The van der Waals surface area contributed by atoms with Gasteiger partial charge in [-0.1, -0.05) is 78.9 Å². The van der Waals surface area contributed by atoms with E-state index in [2.05, 4.69) is 103 Å². The zero-order chi connectivity index (χ0) is 24.7. The smallest absolute Gasteiger partial charge is 0.119 e. The molecular weight excluding hydrogens is 460 g/mol. The predicted octanol–water partition coefficient (Wildman–Crippen LogP) is 6.11. The summed E-state index contributed by atoms with van der Waals surface area (Å²) in [5, 5.41) is 0. The molecule has 4 nitrogen and oxygen atoms in total. The van der Waals surface area contributed by atoms with Crippen molar-refractivity contribution in [3.63, 3.8) is 0 Å². The fraction of sp³-hybridized carbons (Fsp3) is 0.273. The van der Waals surface area contributed by atoms with Gasteiger partial charge in [0, 0.05) is 11.3 Å². The molecule has 0 amide bonds. The van der Waals surface area contributed by atoms with Crippen molar-refractivity contribution in [1.29, 1.82) is 0 Å². The molecule has 4 aromatic rings. The Labute approximate surface area is 217 Å². The van der Waals surface area contributed by atoms with Gasteiger partial charge < -0.3 is 18.9 Å². The minimum Gasteiger partial charge on any atom is -0.491 e. The van der Waals surface area contributed by atoms with E-state index in [1.54, 1.807) is 0 Å². The molecule has 4 aromatic carbocycles. The van der Waals surface area contributed by atoms with Crippen LogP contribution >= 0.6 is 0 Å². The fourth-order valence-electron chi connectivity index (χ4n) is 5.79. The van der Waals surface area contributed by atoms with Crippen LogP contribution in [0.25, 0.3) is 0 Å². The van der Waals surface area contributed by atoms with Crippen molar-refractivity contribution < 1.29 is 18.9 Å². The van der Waals surface area contributed by atoms with E-state index >= 15 is 0 Å². The van der Waals surface area contributed by atoms with Crippen LogP contribution in [-0.4, -0.2) is 38.6 Å². The standard InChI is InChI=1S/C33H30O4/c1-2-6-23(7-3-1)31-18-33(32-9-5-4-8-30(31)32,24-10-14-26(15-11-24)34-19-28-21-36-28)25-12-16-27(17-13-25)35-20-29-22-37-29/h1-17,28-29,31H,18-22H2. The maximum atomic E-state index is 5.96. The van der Waals surface area contributed by atoms with Gasteiger partial charge in [0.1, 0.15) is 36.9 Å². The number of fused-ring (bicyclic) bond motifs is 1. The third-order valence-electron chi connectivity index (χ3n) is 7.88. The lowest BCUT2D eigenvalue weighted by molar-refractivity contribution is 0.263. The van der Waals surface area contributed by atoms with Crippen LogP contribution in [0.4, 0.5) is 0 Å². The number of hydrogen-bond donors (Lipinski definition) is 0. The van der Waals surface area contributed by atoms with E-state index in [-0.39, 0.29) is 17.6 Å². The van der Waals surface area contributed by atoms with Crippen molar-refractivity contribution in [1.82, 2.24) is 0 Å². The third kappa shape index (κ3) is 4.41. The van der Waals surface area contributed by atoms with Gasteiger partial charge in [0.05, 0.1) is 13.2 Å². The predicted molar refractivity (Wildman–Crippen MR) is 143 cm³/mol. The molecule has 0 radical (unpaired) electrons. The van der Waals surface area contributed by atoms with Gasteiger partial charge in [-0.15, -0.1) is 0 Å². The highest BCUT2D eigenvalue weighted by molar-refractivity contribution is 5.60. The Kier molecular flexibility index (Phi) is 5.72. The molecule has 3 unspecified atom stereocenters. The first-order valence-electron chi connectivity index (χ1n) is 13.1. The van der Waals surface area contributed by atoms with Gasteiger partial charge in [-0.2, -0.15) is 0 Å². The van der Waals surface area contributed by atoms with Crippen LogP contribution in [0.1, 0.15) is 40.2 Å². The number of ether oxygens (including phenoxy) is 4. The zero-order valence-electron chi connectivity index (χ0n) is 20.7. The molecule has 0 bridgehead atoms. The summed E-state index contributed by atoms with van der Waals surface area (Å²) in [4.78, 5) is 0. The van der Waals surface area contributed by atoms with E-state index in [0.717, 1.165) is 31.1 Å². The molecule has 4 heteroatoms. The van der Waals surface area contributed by atoms with Gasteiger partial charge in [-0.05, 0) is 58.5 Å². The summed E-state index contributed by atoms with van der Waals surface area (Å²) in [5.41, 5.74) is 6.37. The minimum atomic E-state index is -0.284. The summed E-state index contributed by atoms with van der Waals surface area (Å²) in [6, 6.07) is 37.2. The third-order valence-corrected chi connectivity index (χ3v) is 7.88. The second-order valence-corrected chi connectivity index (χ2v) is 10.2. The van der Waals surface area contributed by atoms with E-state index in [4.69, 9.17) is 18.9 Å². The van der Waals surface area contributed by atoms with E-state index in [1.165, 1.54) is 27.8 Å².